The molecular formula is C8H16O2S2. The summed E-state index contributed by atoms with van der Waals surface area (Å²) in [5, 5.41) is 0. The molecule has 4 heteroatoms. The van der Waals surface area contributed by atoms with E-state index in [0.717, 1.165) is 19.8 Å². The van der Waals surface area contributed by atoms with Gasteiger partial charge in [0.15, 0.2) is 0 Å². The Bertz CT molecular complexity index is 58.0. The fourth-order valence-electron chi connectivity index (χ4n) is 0.880. The first-order valence-electron chi connectivity index (χ1n) is 4.40. The first-order chi connectivity index (χ1) is 6.00. The molecular weight excluding hydrogens is 192 g/mol. The lowest BCUT2D eigenvalue weighted by molar-refractivity contribution is 0.161. The minimum atomic E-state index is 0.963. The van der Waals surface area contributed by atoms with Crippen molar-refractivity contribution in [2.45, 2.75) is 12.8 Å². The van der Waals surface area contributed by atoms with Crippen LogP contribution in [0.5, 0.6) is 0 Å². The molecule has 0 amide bonds. The Morgan fingerprint density at radius 2 is 1.67 bits per heavy atom. The van der Waals surface area contributed by atoms with Crippen LogP contribution in [0.1, 0.15) is 12.8 Å². The summed E-state index contributed by atoms with van der Waals surface area (Å²) in [6.45, 7) is 2.89. The van der Waals surface area contributed by atoms with Crippen molar-refractivity contribution in [2.24, 2.45) is 0 Å². The molecule has 2 saturated heterocycles. The number of rotatable bonds is 0. The Labute approximate surface area is 83.0 Å². The van der Waals surface area contributed by atoms with Crippen LogP contribution in [-0.4, -0.2) is 37.1 Å². The summed E-state index contributed by atoms with van der Waals surface area (Å²) in [5.41, 5.74) is 0. The highest BCUT2D eigenvalue weighted by atomic mass is 32.2. The SMILES string of the molecule is C1CCSOC1.C1CSCCO1. The minimum absolute atomic E-state index is 0.963. The van der Waals surface area contributed by atoms with Gasteiger partial charge in [-0.25, -0.2) is 0 Å². The predicted octanol–water partition coefficient (Wildman–Crippen LogP) is 2.19. The summed E-state index contributed by atoms with van der Waals surface area (Å²) in [4.78, 5) is 0. The molecule has 0 atom stereocenters. The maximum Gasteiger partial charge on any atom is 0.0614 e. The van der Waals surface area contributed by atoms with Gasteiger partial charge in [-0.05, 0) is 24.9 Å². The van der Waals surface area contributed by atoms with Crippen molar-refractivity contribution in [3.63, 3.8) is 0 Å². The first-order valence-corrected chi connectivity index (χ1v) is 6.46. The average molecular weight is 208 g/mol. The molecule has 2 rings (SSSR count). The zero-order valence-electron chi connectivity index (χ0n) is 7.29. The number of hydrogen-bond donors (Lipinski definition) is 0. The second-order valence-electron chi connectivity index (χ2n) is 2.58. The first kappa shape index (κ1) is 10.7. The Hall–Kier alpha value is 0.620. The van der Waals surface area contributed by atoms with Crippen molar-refractivity contribution in [1.29, 1.82) is 0 Å². The van der Waals surface area contributed by atoms with Gasteiger partial charge >= 0.3 is 0 Å². The van der Waals surface area contributed by atoms with Gasteiger partial charge in [-0.2, -0.15) is 11.8 Å². The van der Waals surface area contributed by atoms with E-state index in [9.17, 15) is 0 Å². The van der Waals surface area contributed by atoms with Crippen LogP contribution in [0.25, 0.3) is 0 Å². The highest BCUT2D eigenvalue weighted by molar-refractivity contribution is 7.99. The summed E-state index contributed by atoms with van der Waals surface area (Å²) in [7, 11) is 0. The second-order valence-corrected chi connectivity index (χ2v) is 4.68. The highest BCUT2D eigenvalue weighted by Gasteiger charge is 1.96. The van der Waals surface area contributed by atoms with E-state index in [1.54, 1.807) is 12.0 Å². The van der Waals surface area contributed by atoms with Gasteiger partial charge in [0.25, 0.3) is 0 Å². The van der Waals surface area contributed by atoms with Gasteiger partial charge in [0.05, 0.1) is 19.8 Å². The quantitative estimate of drug-likeness (QED) is 0.568. The third-order valence-corrected chi connectivity index (χ3v) is 3.23. The van der Waals surface area contributed by atoms with Gasteiger partial charge in [0, 0.05) is 17.3 Å². The fourth-order valence-corrected chi connectivity index (χ4v) is 2.23. The van der Waals surface area contributed by atoms with E-state index in [-0.39, 0.29) is 0 Å². The Morgan fingerprint density at radius 3 is 1.83 bits per heavy atom. The van der Waals surface area contributed by atoms with Crippen molar-refractivity contribution >= 4 is 23.8 Å². The molecule has 0 aromatic carbocycles. The van der Waals surface area contributed by atoms with Crippen LogP contribution in [0, 0.1) is 0 Å². The van der Waals surface area contributed by atoms with Gasteiger partial charge in [-0.1, -0.05) is 0 Å². The van der Waals surface area contributed by atoms with Gasteiger partial charge in [0.2, 0.25) is 0 Å². The van der Waals surface area contributed by atoms with E-state index in [1.807, 2.05) is 11.8 Å². The van der Waals surface area contributed by atoms with Crippen molar-refractivity contribution in [1.82, 2.24) is 0 Å². The van der Waals surface area contributed by atoms with Crippen molar-refractivity contribution in [3.05, 3.63) is 0 Å². The van der Waals surface area contributed by atoms with Crippen LogP contribution >= 0.6 is 23.8 Å². The zero-order chi connectivity index (χ0) is 8.49. The number of hydrogen-bond acceptors (Lipinski definition) is 4. The molecule has 0 bridgehead atoms. The Kier molecular flexibility index (Phi) is 7.34. The van der Waals surface area contributed by atoms with Gasteiger partial charge < -0.3 is 8.92 Å². The molecule has 0 aromatic rings. The van der Waals surface area contributed by atoms with E-state index < -0.39 is 0 Å². The van der Waals surface area contributed by atoms with E-state index in [0.29, 0.717) is 0 Å². The van der Waals surface area contributed by atoms with Crippen molar-refractivity contribution in [2.75, 3.05) is 37.1 Å². The lowest BCUT2D eigenvalue weighted by atomic mass is 10.4. The molecule has 72 valence electrons. The zero-order valence-corrected chi connectivity index (χ0v) is 8.92. The van der Waals surface area contributed by atoms with E-state index >= 15 is 0 Å². The predicted molar refractivity (Wildman–Crippen MR) is 55.8 cm³/mol. The van der Waals surface area contributed by atoms with Crippen LogP contribution < -0.4 is 0 Å². The lowest BCUT2D eigenvalue weighted by Crippen LogP contribution is -2.08. The minimum Gasteiger partial charge on any atom is -0.380 e. The average Bonchev–Trinajstić information content (AvgIpc) is 2.24. The molecule has 2 heterocycles. The van der Waals surface area contributed by atoms with Gasteiger partial charge in [0.1, 0.15) is 0 Å². The van der Waals surface area contributed by atoms with Crippen molar-refractivity contribution in [3.8, 4) is 0 Å². The molecule has 0 unspecified atom stereocenters. The number of ether oxygens (including phenoxy) is 1. The molecule has 0 N–H and O–H groups in total. The normalized spacial score (nSPS) is 24.0. The molecule has 0 saturated carbocycles. The maximum absolute atomic E-state index is 5.05. The van der Waals surface area contributed by atoms with E-state index in [4.69, 9.17) is 8.92 Å². The third-order valence-electron chi connectivity index (χ3n) is 1.53. The fraction of sp³-hybridized carbons (Fsp3) is 1.00. The van der Waals surface area contributed by atoms with E-state index in [1.165, 1.54) is 30.1 Å². The molecule has 0 spiro atoms. The molecule has 12 heavy (non-hydrogen) atoms. The standard InChI is InChI=1S/2C4H8OS/c1-3-6-4-2-5-1;1-2-4-6-5-3-1/h2*1-4H2. The molecule has 0 aromatic heterocycles. The van der Waals surface area contributed by atoms with Gasteiger partial charge in [-0.15, -0.1) is 0 Å². The summed E-state index contributed by atoms with van der Waals surface area (Å²) in [6, 6.07) is 0. The molecule has 0 aliphatic carbocycles. The largest absolute Gasteiger partial charge is 0.380 e. The van der Waals surface area contributed by atoms with Crippen LogP contribution in [0.15, 0.2) is 0 Å². The van der Waals surface area contributed by atoms with Gasteiger partial charge in [-0.3, -0.25) is 0 Å². The van der Waals surface area contributed by atoms with Crippen LogP contribution in [0.4, 0.5) is 0 Å². The van der Waals surface area contributed by atoms with Crippen molar-refractivity contribution < 1.29 is 8.92 Å². The lowest BCUT2D eigenvalue weighted by Gasteiger charge is -2.07. The summed E-state index contributed by atoms with van der Waals surface area (Å²) in [6.07, 6.45) is 2.59. The molecule has 0 radical (unpaired) electrons. The van der Waals surface area contributed by atoms with Crippen LogP contribution in [-0.2, 0) is 8.92 Å². The number of thioether (sulfide) groups is 1. The smallest absolute Gasteiger partial charge is 0.0614 e. The monoisotopic (exact) mass is 208 g/mol. The highest BCUT2D eigenvalue weighted by Crippen LogP contribution is 2.12. The molecule has 2 aliphatic rings. The molecule has 2 nitrogen and oxygen atoms in total. The Morgan fingerprint density at radius 1 is 0.833 bits per heavy atom. The van der Waals surface area contributed by atoms with E-state index in [2.05, 4.69) is 0 Å². The summed E-state index contributed by atoms with van der Waals surface area (Å²) < 4.78 is 10.0. The Balaban J connectivity index is 0.000000120. The second kappa shape index (κ2) is 8.23. The van der Waals surface area contributed by atoms with Crippen LogP contribution in [0.3, 0.4) is 0 Å². The topological polar surface area (TPSA) is 18.5 Å². The maximum atomic E-state index is 5.05. The van der Waals surface area contributed by atoms with Crippen LogP contribution in [0.2, 0.25) is 0 Å². The third kappa shape index (κ3) is 6.17. The summed E-state index contributed by atoms with van der Waals surface area (Å²) >= 11 is 3.56. The molecule has 2 aliphatic heterocycles. The summed E-state index contributed by atoms with van der Waals surface area (Å²) in [5.74, 6) is 3.58. The molecule has 2 fully saturated rings.